The van der Waals surface area contributed by atoms with Crippen molar-refractivity contribution >= 4 is 16.7 Å². The van der Waals surface area contributed by atoms with E-state index in [9.17, 15) is 15.2 Å². The maximum Gasteiger partial charge on any atom is 0.270 e. The summed E-state index contributed by atoms with van der Waals surface area (Å²) in [6.45, 7) is 2.30. The Morgan fingerprint density at radius 1 is 1.38 bits per heavy atom. The lowest BCUT2D eigenvalue weighted by Crippen LogP contribution is -2.16. The van der Waals surface area contributed by atoms with Gasteiger partial charge in [-0.15, -0.1) is 0 Å². The lowest BCUT2D eigenvalue weighted by Gasteiger charge is -2.21. The van der Waals surface area contributed by atoms with Crippen LogP contribution in [0, 0.1) is 10.1 Å². The van der Waals surface area contributed by atoms with Gasteiger partial charge in [-0.3, -0.25) is 10.1 Å². The number of rotatable bonds is 4. The van der Waals surface area contributed by atoms with Gasteiger partial charge in [0.15, 0.2) is 6.79 Å². The SMILES string of the molecule is C[C@H](O)c1nc2ccccc2n1Cc1cc([N+](=O)[O-])cc2c1OCOC2. The van der Waals surface area contributed by atoms with E-state index in [0.29, 0.717) is 29.2 Å². The van der Waals surface area contributed by atoms with Crippen molar-refractivity contribution in [3.8, 4) is 5.75 Å². The molecule has 2 aromatic carbocycles. The number of nitro groups is 1. The predicted molar refractivity (Wildman–Crippen MR) is 92.8 cm³/mol. The lowest BCUT2D eigenvalue weighted by molar-refractivity contribution is -0.385. The largest absolute Gasteiger partial charge is 0.467 e. The third-order valence-electron chi connectivity index (χ3n) is 4.37. The van der Waals surface area contributed by atoms with E-state index < -0.39 is 11.0 Å². The summed E-state index contributed by atoms with van der Waals surface area (Å²) in [6, 6.07) is 10.5. The molecule has 1 aromatic heterocycles. The highest BCUT2D eigenvalue weighted by Crippen LogP contribution is 2.34. The number of hydrogen-bond acceptors (Lipinski definition) is 6. The molecule has 2 heterocycles. The summed E-state index contributed by atoms with van der Waals surface area (Å²) in [4.78, 5) is 15.4. The van der Waals surface area contributed by atoms with Crippen LogP contribution in [0.25, 0.3) is 11.0 Å². The smallest absolute Gasteiger partial charge is 0.270 e. The zero-order chi connectivity index (χ0) is 18.3. The highest BCUT2D eigenvalue weighted by molar-refractivity contribution is 5.76. The van der Waals surface area contributed by atoms with Gasteiger partial charge in [0, 0.05) is 23.3 Å². The molecule has 0 aliphatic carbocycles. The molecule has 134 valence electrons. The van der Waals surface area contributed by atoms with Crippen molar-refractivity contribution in [1.82, 2.24) is 9.55 Å². The number of nitro benzene ring substituents is 1. The first-order valence-corrected chi connectivity index (χ1v) is 8.18. The maximum absolute atomic E-state index is 11.3. The minimum atomic E-state index is -0.777. The van der Waals surface area contributed by atoms with Gasteiger partial charge < -0.3 is 19.1 Å². The minimum Gasteiger partial charge on any atom is -0.467 e. The quantitative estimate of drug-likeness (QED) is 0.570. The summed E-state index contributed by atoms with van der Waals surface area (Å²) < 4.78 is 12.7. The Balaban J connectivity index is 1.87. The Kier molecular flexibility index (Phi) is 4.06. The Bertz CT molecular complexity index is 996. The Morgan fingerprint density at radius 3 is 2.96 bits per heavy atom. The number of aliphatic hydroxyl groups is 1. The van der Waals surface area contributed by atoms with Crippen LogP contribution in [-0.4, -0.2) is 26.4 Å². The topological polar surface area (TPSA) is 99.7 Å². The van der Waals surface area contributed by atoms with E-state index in [4.69, 9.17) is 9.47 Å². The van der Waals surface area contributed by atoms with Crippen molar-refractivity contribution in [2.75, 3.05) is 6.79 Å². The van der Waals surface area contributed by atoms with Crippen LogP contribution in [-0.2, 0) is 17.9 Å². The van der Waals surface area contributed by atoms with E-state index in [0.717, 1.165) is 11.0 Å². The molecule has 4 rings (SSSR count). The molecule has 0 amide bonds. The molecule has 0 saturated heterocycles. The lowest BCUT2D eigenvalue weighted by atomic mass is 10.1. The fraction of sp³-hybridized carbons (Fsp3) is 0.278. The first-order valence-electron chi connectivity index (χ1n) is 8.18. The van der Waals surface area contributed by atoms with Crippen LogP contribution in [0.3, 0.4) is 0 Å². The highest BCUT2D eigenvalue weighted by atomic mass is 16.7. The molecule has 0 spiro atoms. The first-order chi connectivity index (χ1) is 12.5. The van der Waals surface area contributed by atoms with Gasteiger partial charge in [0.1, 0.15) is 17.7 Å². The number of para-hydroxylation sites is 2. The third-order valence-corrected chi connectivity index (χ3v) is 4.37. The van der Waals surface area contributed by atoms with Gasteiger partial charge in [-0.25, -0.2) is 4.98 Å². The molecule has 1 aliphatic heterocycles. The standard InChI is InChI=1S/C18H17N3O5/c1-11(22)18-19-15-4-2-3-5-16(15)20(18)8-12-6-14(21(23)24)7-13-9-25-10-26-17(12)13/h2-7,11,22H,8-10H2,1H3/t11-/m0/s1. The van der Waals surface area contributed by atoms with Crippen molar-refractivity contribution in [3.63, 3.8) is 0 Å². The molecular weight excluding hydrogens is 338 g/mol. The highest BCUT2D eigenvalue weighted by Gasteiger charge is 2.23. The first kappa shape index (κ1) is 16.5. The van der Waals surface area contributed by atoms with Gasteiger partial charge in [0.05, 0.1) is 29.1 Å². The van der Waals surface area contributed by atoms with Crippen LogP contribution in [0.15, 0.2) is 36.4 Å². The van der Waals surface area contributed by atoms with Crippen LogP contribution < -0.4 is 4.74 Å². The number of benzene rings is 2. The average molecular weight is 355 g/mol. The van der Waals surface area contributed by atoms with Gasteiger partial charge in [-0.1, -0.05) is 12.1 Å². The molecule has 0 unspecified atom stereocenters. The number of fused-ring (bicyclic) bond motifs is 2. The number of ether oxygens (including phenoxy) is 2. The summed E-state index contributed by atoms with van der Waals surface area (Å²) in [7, 11) is 0. The normalized spacial score (nSPS) is 14.7. The average Bonchev–Trinajstić information content (AvgIpc) is 3.00. The zero-order valence-corrected chi connectivity index (χ0v) is 14.1. The third kappa shape index (κ3) is 2.79. The van der Waals surface area contributed by atoms with E-state index >= 15 is 0 Å². The number of non-ortho nitro benzene ring substituents is 1. The van der Waals surface area contributed by atoms with Crippen LogP contribution >= 0.6 is 0 Å². The summed E-state index contributed by atoms with van der Waals surface area (Å²) in [5.41, 5.74) is 2.88. The molecule has 8 nitrogen and oxygen atoms in total. The number of aliphatic hydroxyl groups excluding tert-OH is 1. The summed E-state index contributed by atoms with van der Waals surface area (Å²) in [5, 5.41) is 21.4. The molecule has 0 fully saturated rings. The van der Waals surface area contributed by atoms with E-state index in [1.807, 2.05) is 28.8 Å². The monoisotopic (exact) mass is 355 g/mol. The number of hydrogen-bond donors (Lipinski definition) is 1. The van der Waals surface area contributed by atoms with Crippen LogP contribution in [0.1, 0.15) is 30.0 Å². The Hall–Kier alpha value is -2.97. The van der Waals surface area contributed by atoms with Crippen LogP contribution in [0.2, 0.25) is 0 Å². The minimum absolute atomic E-state index is 0.0177. The van der Waals surface area contributed by atoms with Crippen molar-refractivity contribution in [1.29, 1.82) is 0 Å². The van der Waals surface area contributed by atoms with E-state index in [1.54, 1.807) is 6.92 Å². The predicted octanol–water partition coefficient (Wildman–Crippen LogP) is 2.91. The van der Waals surface area contributed by atoms with Crippen molar-refractivity contribution in [2.45, 2.75) is 26.2 Å². The Labute approximate surface area is 148 Å². The fourth-order valence-corrected chi connectivity index (χ4v) is 3.25. The van der Waals surface area contributed by atoms with E-state index in [2.05, 4.69) is 4.98 Å². The van der Waals surface area contributed by atoms with Gasteiger partial charge >= 0.3 is 0 Å². The second-order valence-corrected chi connectivity index (χ2v) is 6.18. The molecule has 3 aromatic rings. The summed E-state index contributed by atoms with van der Waals surface area (Å²) in [5.74, 6) is 1.09. The number of aromatic nitrogens is 2. The van der Waals surface area contributed by atoms with Crippen LogP contribution in [0.4, 0.5) is 5.69 Å². The molecule has 1 aliphatic rings. The molecule has 1 atom stereocenters. The van der Waals surface area contributed by atoms with Crippen molar-refractivity contribution in [3.05, 3.63) is 63.5 Å². The van der Waals surface area contributed by atoms with Crippen molar-refractivity contribution < 1.29 is 19.5 Å². The Morgan fingerprint density at radius 2 is 2.19 bits per heavy atom. The number of nitrogens with zero attached hydrogens (tertiary/aromatic N) is 3. The van der Waals surface area contributed by atoms with Gasteiger partial charge in [-0.05, 0) is 19.1 Å². The van der Waals surface area contributed by atoms with Gasteiger partial charge in [0.25, 0.3) is 5.69 Å². The maximum atomic E-state index is 11.3. The summed E-state index contributed by atoms with van der Waals surface area (Å²) >= 11 is 0. The second kappa shape index (κ2) is 6.40. The van der Waals surface area contributed by atoms with Gasteiger partial charge in [-0.2, -0.15) is 0 Å². The molecule has 0 bridgehead atoms. The zero-order valence-electron chi connectivity index (χ0n) is 14.1. The second-order valence-electron chi connectivity index (χ2n) is 6.18. The molecule has 0 saturated carbocycles. The summed E-state index contributed by atoms with van der Waals surface area (Å²) in [6.07, 6.45) is -0.777. The molecule has 1 N–H and O–H groups in total. The fourth-order valence-electron chi connectivity index (χ4n) is 3.25. The van der Waals surface area contributed by atoms with Crippen molar-refractivity contribution in [2.24, 2.45) is 0 Å². The molecule has 8 heteroatoms. The molecular formula is C18H17N3O5. The van der Waals surface area contributed by atoms with E-state index in [-0.39, 0.29) is 19.1 Å². The van der Waals surface area contributed by atoms with E-state index in [1.165, 1.54) is 12.1 Å². The molecule has 26 heavy (non-hydrogen) atoms. The van der Waals surface area contributed by atoms with Gasteiger partial charge in [0.2, 0.25) is 0 Å². The number of imidazole rings is 1. The van der Waals surface area contributed by atoms with Crippen LogP contribution in [0.5, 0.6) is 5.75 Å². The molecule has 0 radical (unpaired) electrons.